The highest BCUT2D eigenvalue weighted by Gasteiger charge is 2.06. The first-order valence-corrected chi connectivity index (χ1v) is 7.29. The molecule has 0 aliphatic carbocycles. The second kappa shape index (κ2) is 5.87. The Morgan fingerprint density at radius 2 is 2.29 bits per heavy atom. The molecule has 0 saturated heterocycles. The summed E-state index contributed by atoms with van der Waals surface area (Å²) in [6.07, 6.45) is 0. The Morgan fingerprint density at radius 1 is 1.47 bits per heavy atom. The van der Waals surface area contributed by atoms with Crippen molar-refractivity contribution in [1.82, 2.24) is 10.3 Å². The van der Waals surface area contributed by atoms with Crippen LogP contribution in [-0.2, 0) is 6.54 Å². The van der Waals surface area contributed by atoms with Crippen LogP contribution in [-0.4, -0.2) is 12.0 Å². The second-order valence-corrected chi connectivity index (χ2v) is 6.21. The van der Waals surface area contributed by atoms with E-state index in [-0.39, 0.29) is 0 Å². The SMILES string of the molecule is CNCc1ccc(Sc2nc(C)cs2)c(Cl)c1. The fourth-order valence-corrected chi connectivity index (χ4v) is 3.53. The van der Waals surface area contributed by atoms with E-state index in [9.17, 15) is 0 Å². The quantitative estimate of drug-likeness (QED) is 0.919. The van der Waals surface area contributed by atoms with Gasteiger partial charge in [-0.1, -0.05) is 29.4 Å². The summed E-state index contributed by atoms with van der Waals surface area (Å²) in [7, 11) is 1.93. The van der Waals surface area contributed by atoms with Gasteiger partial charge in [-0.2, -0.15) is 0 Å². The number of hydrogen-bond acceptors (Lipinski definition) is 4. The van der Waals surface area contributed by atoms with Crippen molar-refractivity contribution in [2.24, 2.45) is 0 Å². The molecule has 5 heteroatoms. The van der Waals surface area contributed by atoms with E-state index in [1.54, 1.807) is 23.1 Å². The van der Waals surface area contributed by atoms with Crippen molar-refractivity contribution >= 4 is 34.7 Å². The van der Waals surface area contributed by atoms with E-state index in [4.69, 9.17) is 11.6 Å². The third-order valence-corrected chi connectivity index (χ3v) is 4.73. The summed E-state index contributed by atoms with van der Waals surface area (Å²) in [4.78, 5) is 5.47. The van der Waals surface area contributed by atoms with Crippen molar-refractivity contribution in [3.8, 4) is 0 Å². The number of halogens is 1. The van der Waals surface area contributed by atoms with Gasteiger partial charge in [-0.05, 0) is 31.7 Å². The van der Waals surface area contributed by atoms with E-state index >= 15 is 0 Å². The molecule has 1 heterocycles. The summed E-state index contributed by atoms with van der Waals surface area (Å²) >= 11 is 9.52. The van der Waals surface area contributed by atoms with Gasteiger partial charge in [0, 0.05) is 22.5 Å². The monoisotopic (exact) mass is 284 g/mol. The molecule has 0 amide bonds. The minimum Gasteiger partial charge on any atom is -0.316 e. The van der Waals surface area contributed by atoms with Gasteiger partial charge in [0.1, 0.15) is 0 Å². The molecule has 0 radical (unpaired) electrons. The number of thiazole rings is 1. The van der Waals surface area contributed by atoms with Crippen LogP contribution in [0.4, 0.5) is 0 Å². The third kappa shape index (κ3) is 3.45. The molecule has 1 aromatic heterocycles. The Morgan fingerprint density at radius 3 is 2.88 bits per heavy atom. The maximum absolute atomic E-state index is 6.25. The Bertz CT molecular complexity index is 511. The number of aryl methyl sites for hydroxylation is 1. The van der Waals surface area contributed by atoms with Crippen molar-refractivity contribution in [3.05, 3.63) is 39.9 Å². The number of nitrogens with zero attached hydrogens (tertiary/aromatic N) is 1. The zero-order chi connectivity index (χ0) is 12.3. The fourth-order valence-electron chi connectivity index (χ4n) is 1.41. The highest BCUT2D eigenvalue weighted by atomic mass is 35.5. The van der Waals surface area contributed by atoms with Crippen molar-refractivity contribution < 1.29 is 0 Å². The van der Waals surface area contributed by atoms with E-state index in [0.717, 1.165) is 26.5 Å². The molecule has 0 unspecified atom stereocenters. The molecule has 0 atom stereocenters. The number of rotatable bonds is 4. The van der Waals surface area contributed by atoms with Crippen LogP contribution < -0.4 is 5.32 Å². The Labute approximate surface area is 114 Å². The average Bonchev–Trinajstić information content (AvgIpc) is 2.69. The number of hydrogen-bond donors (Lipinski definition) is 1. The Balaban J connectivity index is 2.16. The lowest BCUT2D eigenvalue weighted by molar-refractivity contribution is 0.817. The Kier molecular flexibility index (Phi) is 4.45. The summed E-state index contributed by atoms with van der Waals surface area (Å²) in [5, 5.41) is 5.94. The first kappa shape index (κ1) is 12.9. The van der Waals surface area contributed by atoms with Gasteiger partial charge in [-0.15, -0.1) is 11.3 Å². The van der Waals surface area contributed by atoms with Crippen molar-refractivity contribution in [2.45, 2.75) is 22.7 Å². The molecule has 2 rings (SSSR count). The lowest BCUT2D eigenvalue weighted by Gasteiger charge is -2.05. The second-order valence-electron chi connectivity index (χ2n) is 3.65. The smallest absolute Gasteiger partial charge is 0.154 e. The van der Waals surface area contributed by atoms with E-state index < -0.39 is 0 Å². The standard InChI is InChI=1S/C12H13ClN2S2/c1-8-7-16-12(15-8)17-11-4-3-9(6-14-2)5-10(11)13/h3-5,7,14H,6H2,1-2H3. The highest BCUT2D eigenvalue weighted by molar-refractivity contribution is 8.01. The van der Waals surface area contributed by atoms with Gasteiger partial charge in [0.25, 0.3) is 0 Å². The van der Waals surface area contributed by atoms with Gasteiger partial charge < -0.3 is 5.32 Å². The van der Waals surface area contributed by atoms with E-state index in [1.165, 1.54) is 5.56 Å². The maximum atomic E-state index is 6.25. The minimum atomic E-state index is 0.788. The number of nitrogens with one attached hydrogen (secondary N) is 1. The molecule has 1 N–H and O–H groups in total. The summed E-state index contributed by atoms with van der Waals surface area (Å²) < 4.78 is 1.03. The van der Waals surface area contributed by atoms with Crippen LogP contribution in [0.15, 0.2) is 32.8 Å². The number of aromatic nitrogens is 1. The van der Waals surface area contributed by atoms with E-state index in [1.807, 2.05) is 25.4 Å². The molecule has 2 aromatic rings. The van der Waals surface area contributed by atoms with Gasteiger partial charge in [0.05, 0.1) is 5.02 Å². The van der Waals surface area contributed by atoms with Crippen LogP contribution in [0.25, 0.3) is 0 Å². The fraction of sp³-hybridized carbons (Fsp3) is 0.250. The molecule has 0 bridgehead atoms. The van der Waals surface area contributed by atoms with Crippen molar-refractivity contribution in [3.63, 3.8) is 0 Å². The topological polar surface area (TPSA) is 24.9 Å². The van der Waals surface area contributed by atoms with E-state index in [0.29, 0.717) is 0 Å². The van der Waals surface area contributed by atoms with Crippen LogP contribution in [0.1, 0.15) is 11.3 Å². The van der Waals surface area contributed by atoms with Gasteiger partial charge >= 0.3 is 0 Å². The van der Waals surface area contributed by atoms with Crippen LogP contribution in [0.3, 0.4) is 0 Å². The predicted molar refractivity (Wildman–Crippen MR) is 75.2 cm³/mol. The summed E-state index contributed by atoms with van der Waals surface area (Å²) in [5.41, 5.74) is 2.25. The lowest BCUT2D eigenvalue weighted by Crippen LogP contribution is -2.04. The normalized spacial score (nSPS) is 10.8. The zero-order valence-corrected chi connectivity index (χ0v) is 12.0. The minimum absolute atomic E-state index is 0.788. The average molecular weight is 285 g/mol. The van der Waals surface area contributed by atoms with Gasteiger partial charge in [-0.25, -0.2) is 4.98 Å². The molecule has 1 aromatic carbocycles. The van der Waals surface area contributed by atoms with Gasteiger partial charge in [0.15, 0.2) is 4.34 Å². The first-order chi connectivity index (χ1) is 8.19. The molecule has 0 aliphatic heterocycles. The molecular weight excluding hydrogens is 272 g/mol. The van der Waals surface area contributed by atoms with Crippen molar-refractivity contribution in [2.75, 3.05) is 7.05 Å². The summed E-state index contributed by atoms with van der Waals surface area (Å²) in [6.45, 7) is 2.83. The molecule has 17 heavy (non-hydrogen) atoms. The van der Waals surface area contributed by atoms with Gasteiger partial charge in [0.2, 0.25) is 0 Å². The lowest BCUT2D eigenvalue weighted by atomic mass is 10.2. The molecule has 0 saturated carbocycles. The highest BCUT2D eigenvalue weighted by Crippen LogP contribution is 2.35. The number of benzene rings is 1. The van der Waals surface area contributed by atoms with E-state index in [2.05, 4.69) is 22.4 Å². The van der Waals surface area contributed by atoms with Crippen LogP contribution >= 0.6 is 34.7 Å². The largest absolute Gasteiger partial charge is 0.316 e. The maximum Gasteiger partial charge on any atom is 0.154 e. The summed E-state index contributed by atoms with van der Waals surface area (Å²) in [6, 6.07) is 6.14. The van der Waals surface area contributed by atoms with Gasteiger partial charge in [-0.3, -0.25) is 0 Å². The van der Waals surface area contributed by atoms with Crippen LogP contribution in [0.5, 0.6) is 0 Å². The molecule has 0 fully saturated rings. The summed E-state index contributed by atoms with van der Waals surface area (Å²) in [5.74, 6) is 0. The molecule has 0 aliphatic rings. The molecule has 2 nitrogen and oxygen atoms in total. The van der Waals surface area contributed by atoms with Crippen LogP contribution in [0.2, 0.25) is 5.02 Å². The molecule has 90 valence electrons. The Hall–Kier alpha value is -0.550. The zero-order valence-electron chi connectivity index (χ0n) is 9.66. The van der Waals surface area contributed by atoms with Crippen molar-refractivity contribution in [1.29, 1.82) is 0 Å². The first-order valence-electron chi connectivity index (χ1n) is 5.22. The molecule has 0 spiro atoms. The van der Waals surface area contributed by atoms with Crippen LogP contribution in [0, 0.1) is 6.92 Å². The third-order valence-electron chi connectivity index (χ3n) is 2.17. The predicted octanol–water partition coefficient (Wildman–Crippen LogP) is 3.98. The molecular formula is C12H13ClN2S2.